The van der Waals surface area contributed by atoms with Gasteiger partial charge >= 0.3 is 6.01 Å². The summed E-state index contributed by atoms with van der Waals surface area (Å²) in [7, 11) is 1.70. The van der Waals surface area contributed by atoms with Crippen LogP contribution in [-0.2, 0) is 4.74 Å². The van der Waals surface area contributed by atoms with Crippen molar-refractivity contribution in [1.29, 1.82) is 0 Å². The first-order valence-electron chi connectivity index (χ1n) is 6.07. The highest BCUT2D eigenvalue weighted by Crippen LogP contribution is 2.14. The van der Waals surface area contributed by atoms with E-state index in [1.807, 2.05) is 6.92 Å². The molecule has 0 spiro atoms. The lowest BCUT2D eigenvalue weighted by Gasteiger charge is -2.23. The van der Waals surface area contributed by atoms with Crippen LogP contribution in [0.1, 0.15) is 18.7 Å². The summed E-state index contributed by atoms with van der Waals surface area (Å²) in [5.41, 5.74) is 0. The molecule has 2 heterocycles. The third kappa shape index (κ3) is 3.41. The van der Waals surface area contributed by atoms with E-state index in [1.165, 1.54) is 12.8 Å². The zero-order chi connectivity index (χ0) is 12.1. The summed E-state index contributed by atoms with van der Waals surface area (Å²) in [5.74, 6) is 0.668. The molecule has 1 saturated heterocycles. The largest absolute Gasteiger partial charge is 0.383 e. The van der Waals surface area contributed by atoms with E-state index in [0.29, 0.717) is 24.5 Å². The molecule has 2 rings (SSSR count). The van der Waals surface area contributed by atoms with Crippen molar-refractivity contribution < 1.29 is 9.26 Å². The predicted octanol–water partition coefficient (Wildman–Crippen LogP) is 0.583. The summed E-state index contributed by atoms with van der Waals surface area (Å²) in [6.45, 7) is 5.26. The van der Waals surface area contributed by atoms with Gasteiger partial charge in [-0.15, -0.1) is 0 Å². The molecule has 6 nitrogen and oxygen atoms in total. The third-order valence-electron chi connectivity index (χ3n) is 2.96. The quantitative estimate of drug-likeness (QED) is 0.785. The number of aromatic nitrogens is 2. The van der Waals surface area contributed by atoms with Crippen LogP contribution in [0.5, 0.6) is 0 Å². The summed E-state index contributed by atoms with van der Waals surface area (Å²) >= 11 is 0. The van der Waals surface area contributed by atoms with Crippen molar-refractivity contribution in [1.82, 2.24) is 15.5 Å². The van der Waals surface area contributed by atoms with E-state index < -0.39 is 0 Å². The molecule has 1 unspecified atom stereocenters. The van der Waals surface area contributed by atoms with Crippen molar-refractivity contribution >= 4 is 6.01 Å². The predicted molar refractivity (Wildman–Crippen MR) is 64.1 cm³/mol. The Bertz CT molecular complexity index is 336. The second-order valence-electron chi connectivity index (χ2n) is 4.36. The van der Waals surface area contributed by atoms with Crippen LogP contribution in [0, 0.1) is 6.92 Å². The fourth-order valence-electron chi connectivity index (χ4n) is 2.06. The Kier molecular flexibility index (Phi) is 4.33. The Morgan fingerprint density at radius 2 is 2.47 bits per heavy atom. The van der Waals surface area contributed by atoms with E-state index in [-0.39, 0.29) is 0 Å². The molecule has 0 aromatic carbocycles. The van der Waals surface area contributed by atoms with Gasteiger partial charge in [-0.05, 0) is 26.3 Å². The van der Waals surface area contributed by atoms with Crippen LogP contribution in [0.15, 0.2) is 4.52 Å². The molecule has 1 aromatic rings. The summed E-state index contributed by atoms with van der Waals surface area (Å²) in [4.78, 5) is 6.36. The van der Waals surface area contributed by atoms with Gasteiger partial charge < -0.3 is 19.5 Å². The maximum Gasteiger partial charge on any atom is 0.324 e. The highest BCUT2D eigenvalue weighted by molar-refractivity contribution is 5.25. The number of anilines is 1. The Morgan fingerprint density at radius 3 is 3.06 bits per heavy atom. The van der Waals surface area contributed by atoms with Crippen LogP contribution < -0.4 is 10.2 Å². The second-order valence-corrected chi connectivity index (χ2v) is 4.36. The lowest BCUT2D eigenvalue weighted by Crippen LogP contribution is -2.39. The molecule has 1 atom stereocenters. The number of methoxy groups -OCH3 is 1. The van der Waals surface area contributed by atoms with Crippen molar-refractivity contribution in [3.63, 3.8) is 0 Å². The summed E-state index contributed by atoms with van der Waals surface area (Å²) in [6.07, 6.45) is 2.45. The van der Waals surface area contributed by atoms with Crippen LogP contribution in [0.25, 0.3) is 0 Å². The Balaban J connectivity index is 1.96. The first-order valence-corrected chi connectivity index (χ1v) is 6.07. The maximum atomic E-state index is 5.22. The third-order valence-corrected chi connectivity index (χ3v) is 2.96. The summed E-state index contributed by atoms with van der Waals surface area (Å²) in [6, 6.07) is 1.10. The molecule has 1 aliphatic heterocycles. The van der Waals surface area contributed by atoms with Crippen molar-refractivity contribution in [2.24, 2.45) is 0 Å². The van der Waals surface area contributed by atoms with Crippen LogP contribution >= 0.6 is 0 Å². The molecule has 96 valence electrons. The van der Waals surface area contributed by atoms with Gasteiger partial charge in [0, 0.05) is 26.2 Å². The van der Waals surface area contributed by atoms with Crippen molar-refractivity contribution in [3.8, 4) is 0 Å². The molecular formula is C11H20N4O2. The van der Waals surface area contributed by atoms with E-state index in [4.69, 9.17) is 9.26 Å². The zero-order valence-corrected chi connectivity index (χ0v) is 10.5. The van der Waals surface area contributed by atoms with Crippen LogP contribution in [-0.4, -0.2) is 49.5 Å². The van der Waals surface area contributed by atoms with E-state index in [2.05, 4.69) is 20.4 Å². The minimum atomic E-state index is 0.513. The average Bonchev–Trinajstić information content (AvgIpc) is 2.95. The molecule has 0 radical (unpaired) electrons. The smallest absolute Gasteiger partial charge is 0.324 e. The van der Waals surface area contributed by atoms with Crippen molar-refractivity contribution in [2.75, 3.05) is 38.3 Å². The van der Waals surface area contributed by atoms with Crippen molar-refractivity contribution in [2.45, 2.75) is 25.8 Å². The Morgan fingerprint density at radius 1 is 1.59 bits per heavy atom. The first-order chi connectivity index (χ1) is 8.29. The Hall–Kier alpha value is -1.14. The van der Waals surface area contributed by atoms with Gasteiger partial charge in [0.1, 0.15) is 0 Å². The zero-order valence-electron chi connectivity index (χ0n) is 10.5. The van der Waals surface area contributed by atoms with Gasteiger partial charge in [-0.3, -0.25) is 0 Å². The number of rotatable bonds is 6. The highest BCUT2D eigenvalue weighted by atomic mass is 16.5. The number of hydrogen-bond acceptors (Lipinski definition) is 6. The molecule has 0 saturated carbocycles. The standard InChI is InChI=1S/C11H20N4O2/c1-9-13-11(17-14-9)15(6-7-16-2)8-10-4-3-5-12-10/h10,12H,3-8H2,1-2H3. The fraction of sp³-hybridized carbons (Fsp3) is 0.818. The highest BCUT2D eigenvalue weighted by Gasteiger charge is 2.21. The maximum absolute atomic E-state index is 5.22. The van der Waals surface area contributed by atoms with Crippen LogP contribution in [0.3, 0.4) is 0 Å². The van der Waals surface area contributed by atoms with Crippen LogP contribution in [0.4, 0.5) is 6.01 Å². The van der Waals surface area contributed by atoms with Gasteiger partial charge in [0.2, 0.25) is 0 Å². The lowest BCUT2D eigenvalue weighted by molar-refractivity contribution is 0.202. The first kappa shape index (κ1) is 12.3. The molecule has 1 fully saturated rings. The molecule has 6 heteroatoms. The number of nitrogens with one attached hydrogen (secondary N) is 1. The second kappa shape index (κ2) is 5.97. The van der Waals surface area contributed by atoms with Gasteiger partial charge in [-0.1, -0.05) is 5.16 Å². The number of nitrogens with zero attached hydrogens (tertiary/aromatic N) is 3. The molecule has 1 aliphatic rings. The van der Waals surface area contributed by atoms with E-state index >= 15 is 0 Å². The van der Waals surface area contributed by atoms with Crippen molar-refractivity contribution in [3.05, 3.63) is 5.82 Å². The lowest BCUT2D eigenvalue weighted by atomic mass is 10.2. The molecule has 0 amide bonds. The summed E-state index contributed by atoms with van der Waals surface area (Å²) in [5, 5.41) is 7.30. The van der Waals surface area contributed by atoms with Crippen LogP contribution in [0.2, 0.25) is 0 Å². The minimum Gasteiger partial charge on any atom is -0.383 e. The average molecular weight is 240 g/mol. The molecular weight excluding hydrogens is 220 g/mol. The molecule has 1 aromatic heterocycles. The number of aryl methyl sites for hydroxylation is 1. The Labute approximate surface area is 101 Å². The topological polar surface area (TPSA) is 63.4 Å². The normalized spacial score (nSPS) is 19.8. The van der Waals surface area contributed by atoms with E-state index in [9.17, 15) is 0 Å². The van der Waals surface area contributed by atoms with E-state index in [0.717, 1.165) is 19.6 Å². The fourth-order valence-corrected chi connectivity index (χ4v) is 2.06. The SMILES string of the molecule is COCCN(CC1CCCN1)c1nc(C)no1. The van der Waals surface area contributed by atoms with E-state index in [1.54, 1.807) is 7.11 Å². The van der Waals surface area contributed by atoms with Gasteiger partial charge in [-0.25, -0.2) is 0 Å². The van der Waals surface area contributed by atoms with Gasteiger partial charge in [-0.2, -0.15) is 4.98 Å². The van der Waals surface area contributed by atoms with Gasteiger partial charge in [0.25, 0.3) is 0 Å². The summed E-state index contributed by atoms with van der Waals surface area (Å²) < 4.78 is 10.3. The molecule has 0 aliphatic carbocycles. The minimum absolute atomic E-state index is 0.513. The van der Waals surface area contributed by atoms with Gasteiger partial charge in [0.15, 0.2) is 5.82 Å². The molecule has 1 N–H and O–H groups in total. The molecule has 17 heavy (non-hydrogen) atoms. The number of hydrogen-bond donors (Lipinski definition) is 1. The monoisotopic (exact) mass is 240 g/mol. The number of ether oxygens (including phenoxy) is 1. The van der Waals surface area contributed by atoms with Gasteiger partial charge in [0.05, 0.1) is 6.61 Å². The molecule has 0 bridgehead atoms.